The Labute approximate surface area is 130 Å². The van der Waals surface area contributed by atoms with Gasteiger partial charge in [-0.25, -0.2) is 9.78 Å². The summed E-state index contributed by atoms with van der Waals surface area (Å²) in [4.78, 5) is 28.4. The van der Waals surface area contributed by atoms with Gasteiger partial charge < -0.3 is 10.0 Å². The van der Waals surface area contributed by atoms with E-state index in [0.29, 0.717) is 23.1 Å². The second-order valence-electron chi connectivity index (χ2n) is 4.38. The summed E-state index contributed by atoms with van der Waals surface area (Å²) in [6.07, 6.45) is 0.677. The van der Waals surface area contributed by atoms with Gasteiger partial charge in [0.2, 0.25) is 0 Å². The van der Waals surface area contributed by atoms with Crippen LogP contribution >= 0.6 is 22.9 Å². The minimum absolute atomic E-state index is 0.337. The number of aromatic nitrogens is 1. The van der Waals surface area contributed by atoms with E-state index in [1.54, 1.807) is 18.2 Å². The summed E-state index contributed by atoms with van der Waals surface area (Å²) in [6.45, 7) is 1.91. The van der Waals surface area contributed by atoms with Crippen molar-refractivity contribution in [3.05, 3.63) is 23.2 Å². The van der Waals surface area contributed by atoms with Gasteiger partial charge in [0.05, 0.1) is 10.2 Å². The molecule has 0 bridgehead atoms. The Hall–Kier alpha value is -1.86. The van der Waals surface area contributed by atoms with E-state index in [2.05, 4.69) is 10.3 Å². The van der Waals surface area contributed by atoms with Crippen LogP contribution in [-0.4, -0.2) is 40.1 Å². The first-order chi connectivity index (χ1) is 9.99. The summed E-state index contributed by atoms with van der Waals surface area (Å²) in [5.74, 6) is -1.05. The van der Waals surface area contributed by atoms with Gasteiger partial charge in [-0.15, -0.1) is 0 Å². The molecule has 0 atom stereocenters. The number of thiazole rings is 1. The molecule has 1 aromatic carbocycles. The van der Waals surface area contributed by atoms with E-state index in [1.165, 1.54) is 16.2 Å². The number of aliphatic carboxylic acids is 1. The first kappa shape index (κ1) is 15.5. The van der Waals surface area contributed by atoms with Crippen molar-refractivity contribution >= 4 is 50.3 Å². The second-order valence-corrected chi connectivity index (χ2v) is 5.84. The molecule has 2 rings (SSSR count). The molecule has 1 heterocycles. The zero-order chi connectivity index (χ0) is 15.4. The first-order valence-corrected chi connectivity index (χ1v) is 7.53. The summed E-state index contributed by atoms with van der Waals surface area (Å²) in [7, 11) is 0. The third kappa shape index (κ3) is 4.05. The Morgan fingerprint density at radius 3 is 2.90 bits per heavy atom. The van der Waals surface area contributed by atoms with Crippen LogP contribution in [0.5, 0.6) is 0 Å². The number of nitrogens with zero attached hydrogens (tertiary/aromatic N) is 2. The predicted molar refractivity (Wildman–Crippen MR) is 83.1 cm³/mol. The Balaban J connectivity index is 2.13. The number of carboxylic acids is 1. The molecule has 0 unspecified atom stereocenters. The molecule has 1 aromatic heterocycles. The second kappa shape index (κ2) is 6.73. The molecule has 8 heteroatoms. The Morgan fingerprint density at radius 1 is 1.48 bits per heavy atom. The van der Waals surface area contributed by atoms with Crippen LogP contribution in [0.2, 0.25) is 5.02 Å². The van der Waals surface area contributed by atoms with Gasteiger partial charge in [0.25, 0.3) is 0 Å². The van der Waals surface area contributed by atoms with E-state index in [1.807, 2.05) is 6.92 Å². The number of carbonyl (C=O) groups excluding carboxylic acids is 1. The maximum atomic E-state index is 12.1. The fourth-order valence-electron chi connectivity index (χ4n) is 1.81. The number of fused-ring (bicyclic) bond motifs is 1. The number of halogens is 1. The third-order valence-electron chi connectivity index (χ3n) is 2.67. The molecule has 0 aliphatic carbocycles. The number of rotatable bonds is 5. The third-order valence-corrected chi connectivity index (χ3v) is 3.84. The highest BCUT2D eigenvalue weighted by molar-refractivity contribution is 7.22. The summed E-state index contributed by atoms with van der Waals surface area (Å²) in [5, 5.41) is 12.5. The number of hydrogen-bond donors (Lipinski definition) is 2. The molecule has 0 saturated heterocycles. The van der Waals surface area contributed by atoms with E-state index < -0.39 is 12.0 Å². The maximum absolute atomic E-state index is 12.1. The molecule has 6 nitrogen and oxygen atoms in total. The average Bonchev–Trinajstić information content (AvgIpc) is 2.79. The lowest BCUT2D eigenvalue weighted by molar-refractivity contribution is -0.137. The summed E-state index contributed by atoms with van der Waals surface area (Å²) in [6, 6.07) is 4.79. The van der Waals surface area contributed by atoms with Crippen molar-refractivity contribution in [3.63, 3.8) is 0 Å². The van der Waals surface area contributed by atoms with Crippen LogP contribution in [0, 0.1) is 0 Å². The molecule has 0 fully saturated rings. The zero-order valence-electron chi connectivity index (χ0n) is 11.3. The monoisotopic (exact) mass is 327 g/mol. The molecule has 0 radical (unpaired) electrons. The Kier molecular flexibility index (Phi) is 4.98. The smallest absolute Gasteiger partial charge is 0.324 e. The Morgan fingerprint density at radius 2 is 2.24 bits per heavy atom. The Bertz CT molecular complexity index is 674. The molecule has 21 heavy (non-hydrogen) atoms. The van der Waals surface area contributed by atoms with Gasteiger partial charge in [-0.3, -0.25) is 10.1 Å². The van der Waals surface area contributed by atoms with Gasteiger partial charge in [0.1, 0.15) is 6.54 Å². The number of hydrogen-bond acceptors (Lipinski definition) is 4. The maximum Gasteiger partial charge on any atom is 0.324 e. The van der Waals surface area contributed by atoms with Crippen LogP contribution in [-0.2, 0) is 4.79 Å². The fraction of sp³-hybridized carbons (Fsp3) is 0.308. The molecule has 0 spiro atoms. The largest absolute Gasteiger partial charge is 0.480 e. The number of carboxylic acid groups (broad SMARTS) is 1. The lowest BCUT2D eigenvalue weighted by atomic mass is 10.3. The van der Waals surface area contributed by atoms with Crippen LogP contribution < -0.4 is 5.32 Å². The van der Waals surface area contributed by atoms with Crippen molar-refractivity contribution in [2.24, 2.45) is 0 Å². The van der Waals surface area contributed by atoms with E-state index in [4.69, 9.17) is 16.7 Å². The van der Waals surface area contributed by atoms with Crippen molar-refractivity contribution in [1.82, 2.24) is 9.88 Å². The van der Waals surface area contributed by atoms with Crippen molar-refractivity contribution in [1.29, 1.82) is 0 Å². The SMILES string of the molecule is CCCN(CC(=O)O)C(=O)Nc1nc2ccc(Cl)cc2s1. The quantitative estimate of drug-likeness (QED) is 0.882. The molecule has 2 amide bonds. The van der Waals surface area contributed by atoms with Crippen molar-refractivity contribution in [2.45, 2.75) is 13.3 Å². The minimum Gasteiger partial charge on any atom is -0.480 e. The van der Waals surface area contributed by atoms with Crippen LogP contribution in [0.3, 0.4) is 0 Å². The fourth-order valence-corrected chi connectivity index (χ4v) is 2.94. The van der Waals surface area contributed by atoms with Gasteiger partial charge in [-0.05, 0) is 24.6 Å². The summed E-state index contributed by atoms with van der Waals surface area (Å²) in [5.41, 5.74) is 0.736. The van der Waals surface area contributed by atoms with Crippen molar-refractivity contribution in [2.75, 3.05) is 18.4 Å². The topological polar surface area (TPSA) is 82.5 Å². The van der Waals surface area contributed by atoms with E-state index in [9.17, 15) is 9.59 Å². The van der Waals surface area contributed by atoms with E-state index in [-0.39, 0.29) is 6.54 Å². The molecule has 2 aromatic rings. The van der Waals surface area contributed by atoms with Crippen LogP contribution in [0.15, 0.2) is 18.2 Å². The number of anilines is 1. The van der Waals surface area contributed by atoms with Crippen LogP contribution in [0.1, 0.15) is 13.3 Å². The van der Waals surface area contributed by atoms with Gasteiger partial charge >= 0.3 is 12.0 Å². The number of benzene rings is 1. The number of carbonyl (C=O) groups is 2. The van der Waals surface area contributed by atoms with Gasteiger partial charge in [0, 0.05) is 11.6 Å². The summed E-state index contributed by atoms with van der Waals surface area (Å²) < 4.78 is 0.859. The molecule has 0 saturated carbocycles. The lowest BCUT2D eigenvalue weighted by Gasteiger charge is -2.19. The van der Waals surface area contributed by atoms with E-state index >= 15 is 0 Å². The first-order valence-electron chi connectivity index (χ1n) is 6.33. The number of amides is 2. The minimum atomic E-state index is -1.05. The van der Waals surface area contributed by atoms with Crippen molar-refractivity contribution < 1.29 is 14.7 Å². The van der Waals surface area contributed by atoms with Gasteiger partial charge in [0.15, 0.2) is 5.13 Å². The van der Waals surface area contributed by atoms with Gasteiger partial charge in [-0.2, -0.15) is 0 Å². The standard InChI is InChI=1S/C13H14ClN3O3S/c1-2-5-17(7-11(18)19)13(20)16-12-15-9-4-3-8(14)6-10(9)21-12/h3-4,6H,2,5,7H2,1H3,(H,18,19)(H,15,16,20). The molecule has 2 N–H and O–H groups in total. The highest BCUT2D eigenvalue weighted by Gasteiger charge is 2.17. The zero-order valence-corrected chi connectivity index (χ0v) is 12.9. The van der Waals surface area contributed by atoms with Crippen molar-refractivity contribution in [3.8, 4) is 0 Å². The average molecular weight is 328 g/mol. The molecule has 112 valence electrons. The van der Waals surface area contributed by atoms with E-state index in [0.717, 1.165) is 10.2 Å². The highest BCUT2D eigenvalue weighted by Crippen LogP contribution is 2.28. The molecule has 0 aliphatic rings. The van der Waals surface area contributed by atoms with Crippen LogP contribution in [0.4, 0.5) is 9.93 Å². The molecule has 0 aliphatic heterocycles. The van der Waals surface area contributed by atoms with Crippen LogP contribution in [0.25, 0.3) is 10.2 Å². The predicted octanol–water partition coefficient (Wildman–Crippen LogP) is 3.28. The summed E-state index contributed by atoms with van der Waals surface area (Å²) >= 11 is 7.19. The number of urea groups is 1. The molecular weight excluding hydrogens is 314 g/mol. The number of nitrogens with one attached hydrogen (secondary N) is 1. The van der Waals surface area contributed by atoms with Gasteiger partial charge in [-0.1, -0.05) is 29.9 Å². The molecular formula is C13H14ClN3O3S. The lowest BCUT2D eigenvalue weighted by Crippen LogP contribution is -2.39. The normalized spacial score (nSPS) is 10.6. The highest BCUT2D eigenvalue weighted by atomic mass is 35.5.